The second-order valence-electron chi connectivity index (χ2n) is 8.86. The molecule has 2 saturated heterocycles. The van der Waals surface area contributed by atoms with E-state index >= 15 is 0 Å². The summed E-state index contributed by atoms with van der Waals surface area (Å²) in [7, 11) is -3.75. The Morgan fingerprint density at radius 1 is 1.12 bits per heavy atom. The first-order valence-electron chi connectivity index (χ1n) is 11.0. The summed E-state index contributed by atoms with van der Waals surface area (Å²) in [6, 6.07) is 6.03. The molecule has 0 bridgehead atoms. The molecule has 1 saturated carbocycles. The quantitative estimate of drug-likeness (QED) is 0.638. The number of amides is 4. The van der Waals surface area contributed by atoms with Gasteiger partial charge in [0.1, 0.15) is 10.4 Å². The summed E-state index contributed by atoms with van der Waals surface area (Å²) in [5.41, 5.74) is 2.14. The summed E-state index contributed by atoms with van der Waals surface area (Å²) in [5, 5.41) is 3.60. The van der Waals surface area contributed by atoms with Gasteiger partial charge in [-0.2, -0.15) is 13.4 Å². The highest BCUT2D eigenvalue weighted by Gasteiger charge is 2.52. The first-order valence-corrected chi connectivity index (χ1v) is 12.4. The second-order valence-corrected chi connectivity index (χ2v) is 10.4. The molecule has 1 aliphatic carbocycles. The van der Waals surface area contributed by atoms with Gasteiger partial charge in [-0.25, -0.2) is 4.79 Å². The van der Waals surface area contributed by atoms with Gasteiger partial charge in [0.2, 0.25) is 5.91 Å². The lowest BCUT2D eigenvalue weighted by Crippen LogP contribution is -2.53. The maximum absolute atomic E-state index is 13.0. The Morgan fingerprint density at radius 3 is 2.66 bits per heavy atom. The van der Waals surface area contributed by atoms with Crippen molar-refractivity contribution in [2.24, 2.45) is 10.3 Å². The van der Waals surface area contributed by atoms with Gasteiger partial charge in [-0.05, 0) is 37.8 Å². The van der Waals surface area contributed by atoms with Crippen molar-refractivity contribution < 1.29 is 22.8 Å². The van der Waals surface area contributed by atoms with Gasteiger partial charge in [-0.3, -0.25) is 15.0 Å². The number of fused-ring (bicyclic) bond motifs is 1. The molecule has 1 spiro atoms. The van der Waals surface area contributed by atoms with Crippen LogP contribution >= 0.6 is 0 Å². The fourth-order valence-electron chi connectivity index (χ4n) is 5.12. The molecule has 5 rings (SSSR count). The van der Waals surface area contributed by atoms with Crippen LogP contribution in [-0.2, 0) is 19.6 Å². The van der Waals surface area contributed by atoms with E-state index in [0.717, 1.165) is 24.3 Å². The Labute approximate surface area is 186 Å². The van der Waals surface area contributed by atoms with Gasteiger partial charge in [0, 0.05) is 18.7 Å². The van der Waals surface area contributed by atoms with Crippen molar-refractivity contribution in [2.45, 2.75) is 55.4 Å². The van der Waals surface area contributed by atoms with Gasteiger partial charge >= 0.3 is 6.03 Å². The summed E-state index contributed by atoms with van der Waals surface area (Å²) in [6.07, 6.45) is 5.12. The van der Waals surface area contributed by atoms with E-state index < -0.39 is 39.3 Å². The van der Waals surface area contributed by atoms with E-state index in [1.165, 1.54) is 6.07 Å². The summed E-state index contributed by atoms with van der Waals surface area (Å²) in [6.45, 7) is 0.821. The van der Waals surface area contributed by atoms with Crippen molar-refractivity contribution in [3.8, 4) is 0 Å². The smallest absolute Gasteiger partial charge is 0.344 e. The minimum atomic E-state index is -3.75. The predicted molar refractivity (Wildman–Crippen MR) is 114 cm³/mol. The molecule has 3 heterocycles. The molecule has 10 nitrogen and oxygen atoms in total. The molecule has 4 aliphatic rings. The van der Waals surface area contributed by atoms with Gasteiger partial charge in [0.25, 0.3) is 15.9 Å². The molecule has 1 atom stereocenters. The highest BCUT2D eigenvalue weighted by molar-refractivity contribution is 7.90. The lowest BCUT2D eigenvalue weighted by molar-refractivity contribution is -0.141. The lowest BCUT2D eigenvalue weighted by atomic mass is 9.82. The van der Waals surface area contributed by atoms with Crippen LogP contribution in [0.5, 0.6) is 0 Å². The topological polar surface area (TPSA) is 128 Å². The predicted octanol–water partition coefficient (Wildman–Crippen LogP) is 1.13. The van der Waals surface area contributed by atoms with E-state index in [1.54, 1.807) is 23.1 Å². The minimum absolute atomic E-state index is 0.165. The number of carbonyl (C=O) groups is 3. The van der Waals surface area contributed by atoms with Crippen LogP contribution in [0.2, 0.25) is 0 Å². The SMILES string of the molecule is O=C(NN1C(=O)NC2(CCCCC2)C1=O)[C@H]1CCCN(C2=NS(=O)(=O)c3ccccc32)C1. The number of benzene rings is 1. The number of hydrogen-bond acceptors (Lipinski definition) is 6. The second kappa shape index (κ2) is 7.58. The molecule has 3 aliphatic heterocycles. The maximum atomic E-state index is 13.0. The Morgan fingerprint density at radius 2 is 1.88 bits per heavy atom. The first kappa shape index (κ1) is 20.9. The molecule has 1 aromatic rings. The number of imide groups is 1. The zero-order valence-corrected chi connectivity index (χ0v) is 18.4. The molecule has 170 valence electrons. The number of likely N-dealkylation sites (tertiary alicyclic amines) is 1. The third-order valence-corrected chi connectivity index (χ3v) is 8.12. The Bertz CT molecular complexity index is 1130. The fraction of sp³-hybridized carbons (Fsp3) is 0.524. The number of nitrogens with one attached hydrogen (secondary N) is 2. The average molecular weight is 460 g/mol. The molecule has 3 fully saturated rings. The normalized spacial score (nSPS) is 26.0. The van der Waals surface area contributed by atoms with Crippen LogP contribution in [0.25, 0.3) is 0 Å². The van der Waals surface area contributed by atoms with Crippen molar-refractivity contribution in [1.29, 1.82) is 0 Å². The fourth-order valence-corrected chi connectivity index (χ4v) is 6.35. The molecule has 2 N–H and O–H groups in total. The lowest BCUT2D eigenvalue weighted by Gasteiger charge is -2.34. The molecule has 0 radical (unpaired) electrons. The monoisotopic (exact) mass is 459 g/mol. The van der Waals surface area contributed by atoms with E-state index in [1.807, 2.05) is 0 Å². The highest BCUT2D eigenvalue weighted by Crippen LogP contribution is 2.33. The molecule has 0 unspecified atom stereocenters. The van der Waals surface area contributed by atoms with Crippen LogP contribution in [0, 0.1) is 5.92 Å². The van der Waals surface area contributed by atoms with Crippen molar-refractivity contribution in [3.05, 3.63) is 29.8 Å². The van der Waals surface area contributed by atoms with E-state index in [0.29, 0.717) is 43.6 Å². The number of hydrazine groups is 1. The van der Waals surface area contributed by atoms with E-state index in [2.05, 4.69) is 15.1 Å². The largest absolute Gasteiger partial charge is 0.355 e. The Kier molecular flexibility index (Phi) is 4.95. The number of hydrogen-bond donors (Lipinski definition) is 2. The third kappa shape index (κ3) is 3.35. The van der Waals surface area contributed by atoms with Crippen LogP contribution in [0.3, 0.4) is 0 Å². The van der Waals surface area contributed by atoms with Crippen LogP contribution in [0.15, 0.2) is 33.6 Å². The summed E-state index contributed by atoms with van der Waals surface area (Å²) >= 11 is 0. The van der Waals surface area contributed by atoms with E-state index in [4.69, 9.17) is 0 Å². The van der Waals surface area contributed by atoms with Crippen molar-refractivity contribution in [3.63, 3.8) is 0 Å². The van der Waals surface area contributed by atoms with E-state index in [-0.39, 0.29) is 11.4 Å². The number of urea groups is 1. The zero-order valence-electron chi connectivity index (χ0n) is 17.5. The van der Waals surface area contributed by atoms with Crippen molar-refractivity contribution in [1.82, 2.24) is 20.7 Å². The minimum Gasteiger partial charge on any atom is -0.355 e. The molecule has 4 amide bonds. The number of rotatable bonds is 2. The van der Waals surface area contributed by atoms with Gasteiger partial charge < -0.3 is 10.2 Å². The van der Waals surface area contributed by atoms with Crippen LogP contribution in [-0.4, -0.2) is 60.6 Å². The van der Waals surface area contributed by atoms with E-state index in [9.17, 15) is 22.8 Å². The Hall–Kier alpha value is -2.95. The Balaban J connectivity index is 1.30. The summed E-state index contributed by atoms with van der Waals surface area (Å²) in [5.74, 6) is -0.996. The number of sulfonamides is 1. The molecule has 1 aromatic carbocycles. The van der Waals surface area contributed by atoms with Crippen LogP contribution in [0.4, 0.5) is 4.79 Å². The van der Waals surface area contributed by atoms with Gasteiger partial charge in [0.05, 0.1) is 5.92 Å². The number of piperidine rings is 1. The standard InChI is InChI=1S/C21H25N5O5S/c27-18(23-26-19(28)21(22-20(26)29)10-4-1-5-11-21)14-7-6-12-25(13-14)17-15-8-2-3-9-16(15)32(30,31)24-17/h2-3,8-9,14H,1,4-7,10-13H2,(H,22,29)(H,23,27)/t14-/m0/s1. The summed E-state index contributed by atoms with van der Waals surface area (Å²) in [4.78, 5) is 40.3. The van der Waals surface area contributed by atoms with Gasteiger partial charge in [-0.1, -0.05) is 31.4 Å². The molecule has 32 heavy (non-hydrogen) atoms. The van der Waals surface area contributed by atoms with Crippen LogP contribution < -0.4 is 10.7 Å². The van der Waals surface area contributed by atoms with Gasteiger partial charge in [0.15, 0.2) is 5.84 Å². The van der Waals surface area contributed by atoms with Crippen molar-refractivity contribution >= 4 is 33.7 Å². The molecular formula is C21H25N5O5S. The van der Waals surface area contributed by atoms with Crippen LogP contribution in [0.1, 0.15) is 50.5 Å². The average Bonchev–Trinajstić information content (AvgIpc) is 3.20. The number of carbonyl (C=O) groups excluding carboxylic acids is 3. The summed E-state index contributed by atoms with van der Waals surface area (Å²) < 4.78 is 28.7. The zero-order chi connectivity index (χ0) is 22.5. The molecular weight excluding hydrogens is 434 g/mol. The molecule has 0 aromatic heterocycles. The number of nitrogens with zero attached hydrogens (tertiary/aromatic N) is 3. The van der Waals surface area contributed by atoms with Gasteiger partial charge in [-0.15, -0.1) is 4.40 Å². The first-order chi connectivity index (χ1) is 15.3. The maximum Gasteiger partial charge on any atom is 0.344 e. The van der Waals surface area contributed by atoms with Crippen molar-refractivity contribution in [2.75, 3.05) is 13.1 Å². The molecule has 11 heteroatoms. The third-order valence-electron chi connectivity index (χ3n) is 6.80. The number of amidine groups is 1. The highest BCUT2D eigenvalue weighted by atomic mass is 32.2.